The molecule has 0 atom stereocenters. The first-order valence-electron chi connectivity index (χ1n) is 5.40. The van der Waals surface area contributed by atoms with Gasteiger partial charge < -0.3 is 5.11 Å². The quantitative estimate of drug-likeness (QED) is 0.822. The molecule has 1 rings (SSSR count). The number of aliphatic hydroxyl groups is 1. The van der Waals surface area contributed by atoms with Crippen LogP contribution in [0.2, 0.25) is 5.02 Å². The molecular weight excluding hydrogens is 274 g/mol. The van der Waals surface area contributed by atoms with Gasteiger partial charge in [0.05, 0.1) is 11.6 Å². The molecule has 6 heteroatoms. The molecule has 0 aliphatic heterocycles. The van der Waals surface area contributed by atoms with Crippen molar-refractivity contribution in [2.45, 2.75) is 18.2 Å². The second-order valence-electron chi connectivity index (χ2n) is 3.42. The molecule has 4 nitrogen and oxygen atoms in total. The molecular formula is C12H14ClNO3S. The number of hydrogen-bond acceptors (Lipinski definition) is 3. The summed E-state index contributed by atoms with van der Waals surface area (Å²) < 4.78 is 25.9. The third kappa shape index (κ3) is 4.00. The average Bonchev–Trinajstić information content (AvgIpc) is 2.29. The van der Waals surface area contributed by atoms with Crippen molar-refractivity contribution in [3.05, 3.63) is 28.8 Å². The lowest BCUT2D eigenvalue weighted by molar-refractivity contribution is 0.305. The van der Waals surface area contributed by atoms with Crippen molar-refractivity contribution >= 4 is 21.6 Å². The van der Waals surface area contributed by atoms with E-state index in [0.717, 1.165) is 0 Å². The lowest BCUT2D eigenvalue weighted by atomic mass is 10.2. The molecule has 0 aromatic heterocycles. The fourth-order valence-electron chi connectivity index (χ4n) is 1.28. The van der Waals surface area contributed by atoms with Crippen LogP contribution in [-0.4, -0.2) is 26.7 Å². The highest BCUT2D eigenvalue weighted by molar-refractivity contribution is 7.89. The predicted molar refractivity (Wildman–Crippen MR) is 70.9 cm³/mol. The molecule has 1 aromatic carbocycles. The highest BCUT2D eigenvalue weighted by Gasteiger charge is 2.16. The van der Waals surface area contributed by atoms with Crippen LogP contribution in [0.15, 0.2) is 23.1 Å². The van der Waals surface area contributed by atoms with Gasteiger partial charge in [0, 0.05) is 18.5 Å². The zero-order valence-electron chi connectivity index (χ0n) is 9.90. The van der Waals surface area contributed by atoms with Gasteiger partial charge in [0.2, 0.25) is 10.0 Å². The smallest absolute Gasteiger partial charge is 0.242 e. The first-order valence-corrected chi connectivity index (χ1v) is 7.26. The van der Waals surface area contributed by atoms with Crippen LogP contribution in [0.5, 0.6) is 0 Å². The zero-order chi connectivity index (χ0) is 13.6. The maximum atomic E-state index is 11.8. The van der Waals surface area contributed by atoms with Gasteiger partial charge in [-0.2, -0.15) is 0 Å². The van der Waals surface area contributed by atoms with Crippen molar-refractivity contribution in [2.24, 2.45) is 0 Å². The van der Waals surface area contributed by atoms with E-state index in [4.69, 9.17) is 16.7 Å². The lowest BCUT2D eigenvalue weighted by Gasteiger charge is -2.06. The van der Waals surface area contributed by atoms with Crippen LogP contribution in [-0.2, 0) is 10.0 Å². The number of benzene rings is 1. The van der Waals surface area contributed by atoms with Crippen LogP contribution in [0.3, 0.4) is 0 Å². The van der Waals surface area contributed by atoms with Crippen molar-refractivity contribution in [3.8, 4) is 11.8 Å². The Morgan fingerprint density at radius 2 is 2.17 bits per heavy atom. The number of halogens is 1. The molecule has 18 heavy (non-hydrogen) atoms. The van der Waals surface area contributed by atoms with Gasteiger partial charge >= 0.3 is 0 Å². The Balaban J connectivity index is 3.05. The summed E-state index contributed by atoms with van der Waals surface area (Å²) in [6.07, 6.45) is 0.370. The largest absolute Gasteiger partial charge is 0.395 e. The Labute approximate surface area is 112 Å². The Hall–Kier alpha value is -1.06. The first kappa shape index (κ1) is 15.0. The van der Waals surface area contributed by atoms with Gasteiger partial charge in [-0.3, -0.25) is 0 Å². The normalized spacial score (nSPS) is 10.8. The fraction of sp³-hybridized carbons (Fsp3) is 0.333. The van der Waals surface area contributed by atoms with E-state index in [9.17, 15) is 8.42 Å². The average molecular weight is 288 g/mol. The van der Waals surface area contributed by atoms with Gasteiger partial charge in [-0.25, -0.2) is 13.1 Å². The molecule has 1 aromatic rings. The number of aliphatic hydroxyl groups excluding tert-OH is 1. The maximum Gasteiger partial charge on any atom is 0.242 e. The van der Waals surface area contributed by atoms with E-state index in [0.29, 0.717) is 18.5 Å². The van der Waals surface area contributed by atoms with Gasteiger partial charge in [-0.05, 0) is 18.2 Å². The molecule has 0 spiro atoms. The Morgan fingerprint density at radius 3 is 2.72 bits per heavy atom. The van der Waals surface area contributed by atoms with E-state index in [1.165, 1.54) is 12.1 Å². The van der Waals surface area contributed by atoms with Crippen LogP contribution in [0.1, 0.15) is 18.9 Å². The number of sulfonamides is 1. The van der Waals surface area contributed by atoms with Gasteiger partial charge in [0.25, 0.3) is 0 Å². The minimum atomic E-state index is -3.55. The Kier molecular flexibility index (Phi) is 5.63. The second-order valence-corrected chi connectivity index (χ2v) is 5.56. The summed E-state index contributed by atoms with van der Waals surface area (Å²) >= 11 is 5.93. The fourth-order valence-corrected chi connectivity index (χ4v) is 2.87. The summed E-state index contributed by atoms with van der Waals surface area (Å²) in [5.41, 5.74) is 0.615. The Morgan fingerprint density at radius 1 is 1.44 bits per heavy atom. The zero-order valence-corrected chi connectivity index (χ0v) is 11.5. The number of rotatable bonds is 4. The van der Waals surface area contributed by atoms with Gasteiger partial charge in [0.1, 0.15) is 4.90 Å². The van der Waals surface area contributed by atoms with Crippen LogP contribution >= 0.6 is 11.6 Å². The second kappa shape index (κ2) is 6.76. The third-order valence-electron chi connectivity index (χ3n) is 2.03. The van der Waals surface area contributed by atoms with E-state index in [1.54, 1.807) is 13.0 Å². The van der Waals surface area contributed by atoms with Crippen molar-refractivity contribution in [3.63, 3.8) is 0 Å². The number of hydrogen-bond donors (Lipinski definition) is 2. The van der Waals surface area contributed by atoms with Gasteiger partial charge in [-0.1, -0.05) is 30.4 Å². The van der Waals surface area contributed by atoms with Crippen LogP contribution in [0.4, 0.5) is 0 Å². The van der Waals surface area contributed by atoms with Crippen molar-refractivity contribution in [2.75, 3.05) is 13.2 Å². The molecule has 0 saturated heterocycles. The molecule has 0 amide bonds. The van der Waals surface area contributed by atoms with Gasteiger partial charge in [-0.15, -0.1) is 0 Å². The summed E-state index contributed by atoms with van der Waals surface area (Å²) in [5, 5.41) is 8.72. The summed E-state index contributed by atoms with van der Waals surface area (Å²) in [5.74, 6) is 5.53. The SMILES string of the molecule is CCNS(=O)(=O)c1ccc(C#CCCO)cc1Cl. The van der Waals surface area contributed by atoms with Crippen LogP contribution < -0.4 is 4.72 Å². The van der Waals surface area contributed by atoms with Crippen LogP contribution in [0, 0.1) is 11.8 Å². The van der Waals surface area contributed by atoms with Crippen molar-refractivity contribution in [1.82, 2.24) is 4.72 Å². The van der Waals surface area contributed by atoms with E-state index >= 15 is 0 Å². The molecule has 0 aliphatic carbocycles. The highest BCUT2D eigenvalue weighted by atomic mass is 35.5. The molecule has 0 aliphatic rings. The summed E-state index contributed by atoms with van der Waals surface area (Å²) in [4.78, 5) is 0.0405. The van der Waals surface area contributed by atoms with E-state index in [-0.39, 0.29) is 16.5 Å². The minimum absolute atomic E-state index is 0.00633. The minimum Gasteiger partial charge on any atom is -0.395 e. The topological polar surface area (TPSA) is 66.4 Å². The molecule has 0 saturated carbocycles. The molecule has 2 N–H and O–H groups in total. The van der Waals surface area contributed by atoms with Crippen molar-refractivity contribution in [1.29, 1.82) is 0 Å². The highest BCUT2D eigenvalue weighted by Crippen LogP contribution is 2.22. The summed E-state index contributed by atoms with van der Waals surface area (Å²) in [6, 6.07) is 4.50. The molecule has 0 unspecified atom stereocenters. The maximum absolute atomic E-state index is 11.8. The summed E-state index contributed by atoms with van der Waals surface area (Å²) in [6.45, 7) is 1.99. The van der Waals surface area contributed by atoms with Crippen molar-refractivity contribution < 1.29 is 13.5 Å². The van der Waals surface area contributed by atoms with Gasteiger partial charge in [0.15, 0.2) is 0 Å². The van der Waals surface area contributed by atoms with E-state index in [2.05, 4.69) is 16.6 Å². The van der Waals surface area contributed by atoms with Crippen LogP contribution in [0.25, 0.3) is 0 Å². The van der Waals surface area contributed by atoms with E-state index in [1.807, 2.05) is 0 Å². The third-order valence-corrected chi connectivity index (χ3v) is 4.05. The monoisotopic (exact) mass is 287 g/mol. The molecule has 0 bridgehead atoms. The first-order chi connectivity index (χ1) is 8.51. The summed E-state index contributed by atoms with van der Waals surface area (Å²) in [7, 11) is -3.55. The van der Waals surface area contributed by atoms with E-state index < -0.39 is 10.0 Å². The molecule has 0 heterocycles. The standard InChI is InChI=1S/C12H14ClNO3S/c1-2-14-18(16,17)12-7-6-10(9-11(12)13)5-3-4-8-15/h6-7,9,14-15H,2,4,8H2,1H3. The molecule has 0 fully saturated rings. The molecule has 98 valence electrons. The molecule has 0 radical (unpaired) electrons. The Bertz CT molecular complexity index is 573. The number of nitrogens with one attached hydrogen (secondary N) is 1. The lowest BCUT2D eigenvalue weighted by Crippen LogP contribution is -2.23. The predicted octanol–water partition coefficient (Wildman–Crippen LogP) is 1.37.